The van der Waals surface area contributed by atoms with Crippen LogP contribution in [0, 0.1) is 21.8 Å². The summed E-state index contributed by atoms with van der Waals surface area (Å²) in [5.74, 6) is -1.87. The Bertz CT molecular complexity index is 732. The van der Waals surface area contributed by atoms with Gasteiger partial charge in [-0.15, -0.1) is 0 Å². The van der Waals surface area contributed by atoms with Crippen molar-refractivity contribution in [3.63, 3.8) is 0 Å². The number of halogens is 1. The molecular weight excluding hydrogens is 353 g/mol. The molecule has 1 aliphatic heterocycles. The van der Waals surface area contributed by atoms with Crippen molar-refractivity contribution >= 4 is 23.2 Å². The molecule has 0 radical (unpaired) electrons. The predicted octanol–water partition coefficient (Wildman–Crippen LogP) is 3.32. The van der Waals surface area contributed by atoms with Crippen LogP contribution in [0.15, 0.2) is 18.2 Å². The first-order valence-corrected chi connectivity index (χ1v) is 9.50. The van der Waals surface area contributed by atoms with Gasteiger partial charge in [-0.3, -0.25) is 19.7 Å². The van der Waals surface area contributed by atoms with E-state index in [-0.39, 0.29) is 36.5 Å². The smallest absolute Gasteiger partial charge is 0.306 e. The fourth-order valence-electron chi connectivity index (χ4n) is 3.86. The first kappa shape index (κ1) is 19.3. The number of carbonyl (C=O) groups excluding carboxylic acids is 2. The normalized spacial score (nSPS) is 21.6. The van der Waals surface area contributed by atoms with Crippen LogP contribution in [-0.2, 0) is 9.59 Å². The maximum atomic E-state index is 13.5. The lowest BCUT2D eigenvalue weighted by Crippen LogP contribution is -2.40. The highest BCUT2D eigenvalue weighted by molar-refractivity contribution is 6.00. The Morgan fingerprint density at radius 1 is 1.19 bits per heavy atom. The lowest BCUT2D eigenvalue weighted by Gasteiger charge is -2.23. The molecule has 0 spiro atoms. The quantitative estimate of drug-likeness (QED) is 0.643. The lowest BCUT2D eigenvalue weighted by molar-refractivity contribution is -0.387. The Labute approximate surface area is 157 Å². The summed E-state index contributed by atoms with van der Waals surface area (Å²) >= 11 is 0. The van der Waals surface area contributed by atoms with Crippen LogP contribution in [0.3, 0.4) is 0 Å². The second-order valence-corrected chi connectivity index (χ2v) is 7.35. The fraction of sp³-hybridized carbons (Fsp3) is 0.579. The molecule has 1 N–H and O–H groups in total. The molecule has 8 heteroatoms. The van der Waals surface area contributed by atoms with Gasteiger partial charge >= 0.3 is 5.69 Å². The van der Waals surface area contributed by atoms with Crippen molar-refractivity contribution in [3.8, 4) is 0 Å². The summed E-state index contributed by atoms with van der Waals surface area (Å²) in [7, 11) is 0. The van der Waals surface area contributed by atoms with Crippen LogP contribution in [0.4, 0.5) is 15.8 Å². The average molecular weight is 377 g/mol. The summed E-state index contributed by atoms with van der Waals surface area (Å²) in [6.07, 6.45) is 7.79. The fourth-order valence-corrected chi connectivity index (χ4v) is 3.86. The van der Waals surface area contributed by atoms with Gasteiger partial charge in [-0.05, 0) is 25.0 Å². The number of hydrogen-bond donors (Lipinski definition) is 1. The molecule has 2 aliphatic rings. The van der Waals surface area contributed by atoms with E-state index >= 15 is 0 Å². The van der Waals surface area contributed by atoms with Crippen molar-refractivity contribution < 1.29 is 18.9 Å². The minimum atomic E-state index is -0.950. The molecular formula is C19H24FN3O4. The van der Waals surface area contributed by atoms with Gasteiger partial charge in [-0.25, -0.2) is 0 Å². The van der Waals surface area contributed by atoms with Gasteiger partial charge in [0, 0.05) is 25.1 Å². The van der Waals surface area contributed by atoms with E-state index in [0.29, 0.717) is 0 Å². The molecule has 1 atom stereocenters. The number of benzene rings is 1. The highest BCUT2D eigenvalue weighted by Crippen LogP contribution is 2.30. The maximum Gasteiger partial charge on any atom is 0.306 e. The summed E-state index contributed by atoms with van der Waals surface area (Å²) in [6.45, 7) is 0.153. The molecule has 7 nitrogen and oxygen atoms in total. The molecule has 2 fully saturated rings. The van der Waals surface area contributed by atoms with Crippen molar-refractivity contribution in [2.45, 2.75) is 57.4 Å². The molecule has 0 bridgehead atoms. The molecule has 27 heavy (non-hydrogen) atoms. The topological polar surface area (TPSA) is 92.6 Å². The van der Waals surface area contributed by atoms with E-state index in [4.69, 9.17) is 0 Å². The highest BCUT2D eigenvalue weighted by Gasteiger charge is 2.36. The molecule has 1 aliphatic carbocycles. The zero-order chi connectivity index (χ0) is 19.4. The SMILES string of the molecule is O=C(NC1CCCCCCC1)C1CC(=O)N(c2ccc(F)c([N+](=O)[O-])c2)C1. The third kappa shape index (κ3) is 4.61. The molecule has 1 unspecified atom stereocenters. The summed E-state index contributed by atoms with van der Waals surface area (Å²) in [5, 5.41) is 14.0. The minimum Gasteiger partial charge on any atom is -0.353 e. The van der Waals surface area contributed by atoms with E-state index in [2.05, 4.69) is 5.32 Å². The molecule has 1 saturated heterocycles. The average Bonchev–Trinajstić information content (AvgIpc) is 2.99. The zero-order valence-corrected chi connectivity index (χ0v) is 15.2. The third-order valence-corrected chi connectivity index (χ3v) is 5.39. The monoisotopic (exact) mass is 377 g/mol. The number of nitrogens with one attached hydrogen (secondary N) is 1. The number of nitro benzene ring substituents is 1. The number of carbonyl (C=O) groups is 2. The largest absolute Gasteiger partial charge is 0.353 e. The van der Waals surface area contributed by atoms with Crippen molar-refractivity contribution in [2.75, 3.05) is 11.4 Å². The number of hydrogen-bond acceptors (Lipinski definition) is 4. The van der Waals surface area contributed by atoms with Crippen molar-refractivity contribution in [1.29, 1.82) is 0 Å². The van der Waals surface area contributed by atoms with E-state index < -0.39 is 22.3 Å². The van der Waals surface area contributed by atoms with Crippen LogP contribution in [0.2, 0.25) is 0 Å². The molecule has 2 amide bonds. The zero-order valence-electron chi connectivity index (χ0n) is 15.2. The Morgan fingerprint density at radius 2 is 1.85 bits per heavy atom. The standard InChI is InChI=1S/C19H24FN3O4/c20-16-9-8-15(11-17(16)23(26)27)22-12-13(10-18(22)24)19(25)21-14-6-4-2-1-3-5-7-14/h8-9,11,13-14H,1-7,10,12H2,(H,21,25). The van der Waals surface area contributed by atoms with Gasteiger partial charge < -0.3 is 10.2 Å². The molecule has 146 valence electrons. The predicted molar refractivity (Wildman–Crippen MR) is 97.8 cm³/mol. The van der Waals surface area contributed by atoms with Gasteiger partial charge in [0.25, 0.3) is 0 Å². The summed E-state index contributed by atoms with van der Waals surface area (Å²) in [5.41, 5.74) is -0.433. The van der Waals surface area contributed by atoms with E-state index in [1.165, 1.54) is 30.2 Å². The number of nitrogens with zero attached hydrogens (tertiary/aromatic N) is 2. The Balaban J connectivity index is 1.65. The number of amides is 2. The van der Waals surface area contributed by atoms with Crippen molar-refractivity contribution in [3.05, 3.63) is 34.1 Å². The van der Waals surface area contributed by atoms with Crippen LogP contribution in [0.25, 0.3) is 0 Å². The molecule has 1 aromatic rings. The van der Waals surface area contributed by atoms with Crippen molar-refractivity contribution in [1.82, 2.24) is 5.32 Å². The molecule has 1 heterocycles. The minimum absolute atomic E-state index is 0.0593. The van der Waals surface area contributed by atoms with Gasteiger partial charge in [-0.2, -0.15) is 4.39 Å². The van der Waals surface area contributed by atoms with Gasteiger partial charge in [0.1, 0.15) is 0 Å². The highest BCUT2D eigenvalue weighted by atomic mass is 19.1. The number of rotatable bonds is 4. The van der Waals surface area contributed by atoms with Crippen LogP contribution in [-0.4, -0.2) is 29.3 Å². The summed E-state index contributed by atoms with van der Waals surface area (Å²) in [4.78, 5) is 36.4. The molecule has 0 aromatic heterocycles. The van der Waals surface area contributed by atoms with Crippen LogP contribution in [0.1, 0.15) is 51.4 Å². The second kappa shape index (κ2) is 8.45. The van der Waals surface area contributed by atoms with Crippen LogP contribution < -0.4 is 10.2 Å². The third-order valence-electron chi connectivity index (χ3n) is 5.39. The van der Waals surface area contributed by atoms with Crippen LogP contribution in [0.5, 0.6) is 0 Å². The Kier molecular flexibility index (Phi) is 6.03. The first-order valence-electron chi connectivity index (χ1n) is 9.50. The molecule has 1 aromatic carbocycles. The Morgan fingerprint density at radius 3 is 2.52 bits per heavy atom. The van der Waals surface area contributed by atoms with E-state index in [1.54, 1.807) is 0 Å². The molecule has 1 saturated carbocycles. The number of nitro groups is 1. The van der Waals surface area contributed by atoms with Gasteiger partial charge in [-0.1, -0.05) is 32.1 Å². The summed E-state index contributed by atoms with van der Waals surface area (Å²) in [6, 6.07) is 3.49. The van der Waals surface area contributed by atoms with Gasteiger partial charge in [0.05, 0.1) is 16.5 Å². The van der Waals surface area contributed by atoms with E-state index in [0.717, 1.165) is 37.8 Å². The number of anilines is 1. The van der Waals surface area contributed by atoms with Gasteiger partial charge in [0.2, 0.25) is 17.6 Å². The molecule has 3 rings (SSSR count). The van der Waals surface area contributed by atoms with Crippen molar-refractivity contribution in [2.24, 2.45) is 5.92 Å². The van der Waals surface area contributed by atoms with Crippen LogP contribution >= 0.6 is 0 Å². The second-order valence-electron chi connectivity index (χ2n) is 7.35. The first-order chi connectivity index (χ1) is 13.0. The maximum absolute atomic E-state index is 13.5. The Hall–Kier alpha value is -2.51. The van der Waals surface area contributed by atoms with E-state index in [9.17, 15) is 24.1 Å². The van der Waals surface area contributed by atoms with E-state index in [1.807, 2.05) is 0 Å². The summed E-state index contributed by atoms with van der Waals surface area (Å²) < 4.78 is 13.5. The lowest BCUT2D eigenvalue weighted by atomic mass is 9.96. The van der Waals surface area contributed by atoms with Gasteiger partial charge in [0.15, 0.2) is 0 Å².